The lowest BCUT2D eigenvalue weighted by atomic mass is 10.0. The first-order valence-electron chi connectivity index (χ1n) is 3.78. The van der Waals surface area contributed by atoms with Crippen LogP contribution in [-0.2, 0) is 6.54 Å². The van der Waals surface area contributed by atoms with E-state index in [-0.39, 0.29) is 17.7 Å². The molecule has 1 aromatic rings. The van der Waals surface area contributed by atoms with Crippen molar-refractivity contribution in [3.63, 3.8) is 0 Å². The first kappa shape index (κ1) is 9.67. The first-order chi connectivity index (χ1) is 6.06. The fourth-order valence-corrected chi connectivity index (χ4v) is 1.07. The molecule has 70 valence electrons. The third kappa shape index (κ3) is 1.84. The number of rotatable bonds is 2. The topological polar surface area (TPSA) is 63.3 Å². The number of hydrogen-bond donors (Lipinski definition) is 2. The Morgan fingerprint density at radius 1 is 1.62 bits per heavy atom. The summed E-state index contributed by atoms with van der Waals surface area (Å²) < 4.78 is 13.1. The number of carboxylic acid groups (broad SMARTS) is 1. The van der Waals surface area contributed by atoms with Gasteiger partial charge in [0.15, 0.2) is 0 Å². The molecule has 4 heteroatoms. The van der Waals surface area contributed by atoms with Gasteiger partial charge in [-0.25, -0.2) is 9.18 Å². The van der Waals surface area contributed by atoms with Gasteiger partial charge in [0, 0.05) is 6.54 Å². The van der Waals surface area contributed by atoms with Crippen molar-refractivity contribution in [3.8, 4) is 0 Å². The minimum Gasteiger partial charge on any atom is -0.478 e. The van der Waals surface area contributed by atoms with Crippen LogP contribution in [-0.4, -0.2) is 11.1 Å². The van der Waals surface area contributed by atoms with Crippen molar-refractivity contribution in [2.45, 2.75) is 13.5 Å². The van der Waals surface area contributed by atoms with Crippen LogP contribution in [0.15, 0.2) is 12.1 Å². The molecule has 0 aliphatic rings. The molecule has 1 rings (SSSR count). The zero-order chi connectivity index (χ0) is 10.0. The number of hydrogen-bond acceptors (Lipinski definition) is 2. The number of benzene rings is 1. The monoisotopic (exact) mass is 183 g/mol. The van der Waals surface area contributed by atoms with Gasteiger partial charge in [0.1, 0.15) is 5.82 Å². The molecule has 0 aliphatic carbocycles. The van der Waals surface area contributed by atoms with Crippen LogP contribution in [0.2, 0.25) is 0 Å². The number of carboxylic acids is 1. The molecule has 0 heterocycles. The molecule has 0 atom stereocenters. The lowest BCUT2D eigenvalue weighted by molar-refractivity contribution is 0.0695. The molecule has 13 heavy (non-hydrogen) atoms. The second kappa shape index (κ2) is 3.53. The van der Waals surface area contributed by atoms with Gasteiger partial charge in [-0.1, -0.05) is 0 Å². The molecule has 0 radical (unpaired) electrons. The quantitative estimate of drug-likeness (QED) is 0.726. The zero-order valence-corrected chi connectivity index (χ0v) is 7.17. The van der Waals surface area contributed by atoms with E-state index in [1.807, 2.05) is 0 Å². The summed E-state index contributed by atoms with van der Waals surface area (Å²) in [4.78, 5) is 10.6. The Hall–Kier alpha value is -1.42. The van der Waals surface area contributed by atoms with E-state index in [1.165, 1.54) is 19.1 Å². The summed E-state index contributed by atoms with van der Waals surface area (Å²) in [6, 6.07) is 2.64. The average Bonchev–Trinajstić information content (AvgIpc) is 2.09. The standard InChI is InChI=1S/C9H10FNO2/c1-5-7(9(12)13)2-6(4-11)3-8(5)10/h2-3H,4,11H2,1H3,(H,12,13). The zero-order valence-electron chi connectivity index (χ0n) is 7.17. The van der Waals surface area contributed by atoms with E-state index in [1.54, 1.807) is 0 Å². The van der Waals surface area contributed by atoms with Gasteiger partial charge in [-0.3, -0.25) is 0 Å². The van der Waals surface area contributed by atoms with Gasteiger partial charge in [-0.05, 0) is 30.2 Å². The Morgan fingerprint density at radius 2 is 2.23 bits per heavy atom. The highest BCUT2D eigenvalue weighted by atomic mass is 19.1. The highest BCUT2D eigenvalue weighted by Gasteiger charge is 2.11. The maximum Gasteiger partial charge on any atom is 0.336 e. The SMILES string of the molecule is Cc1c(F)cc(CN)cc1C(=O)O. The van der Waals surface area contributed by atoms with Crippen LogP contribution >= 0.6 is 0 Å². The molecule has 3 N–H and O–H groups in total. The fourth-order valence-electron chi connectivity index (χ4n) is 1.07. The van der Waals surface area contributed by atoms with Gasteiger partial charge in [0.2, 0.25) is 0 Å². The molecule has 0 aromatic heterocycles. The number of aromatic carboxylic acids is 1. The summed E-state index contributed by atoms with van der Waals surface area (Å²) in [6.45, 7) is 1.57. The van der Waals surface area contributed by atoms with Gasteiger partial charge in [0.25, 0.3) is 0 Å². The first-order valence-corrected chi connectivity index (χ1v) is 3.78. The third-order valence-corrected chi connectivity index (χ3v) is 1.87. The van der Waals surface area contributed by atoms with E-state index in [4.69, 9.17) is 10.8 Å². The summed E-state index contributed by atoms with van der Waals surface area (Å²) in [7, 11) is 0. The van der Waals surface area contributed by atoms with Crippen LogP contribution in [0.25, 0.3) is 0 Å². The highest BCUT2D eigenvalue weighted by Crippen LogP contribution is 2.15. The summed E-state index contributed by atoms with van der Waals surface area (Å²) >= 11 is 0. The fraction of sp³-hybridized carbons (Fsp3) is 0.222. The number of carbonyl (C=O) groups is 1. The number of halogens is 1. The van der Waals surface area contributed by atoms with Crippen molar-refractivity contribution in [2.24, 2.45) is 5.73 Å². The Balaban J connectivity index is 3.33. The van der Waals surface area contributed by atoms with Crippen molar-refractivity contribution >= 4 is 5.97 Å². The summed E-state index contributed by atoms with van der Waals surface area (Å²) in [5.41, 5.74) is 5.88. The molecular formula is C9H10FNO2. The Bertz CT molecular complexity index is 350. The van der Waals surface area contributed by atoms with E-state index in [2.05, 4.69) is 0 Å². The van der Waals surface area contributed by atoms with Gasteiger partial charge in [-0.15, -0.1) is 0 Å². The lowest BCUT2D eigenvalue weighted by Gasteiger charge is -2.04. The van der Waals surface area contributed by atoms with Crippen LogP contribution in [0.5, 0.6) is 0 Å². The minimum absolute atomic E-state index is 0.0274. The van der Waals surface area contributed by atoms with Crippen LogP contribution < -0.4 is 5.73 Å². The smallest absolute Gasteiger partial charge is 0.336 e. The van der Waals surface area contributed by atoms with Crippen molar-refractivity contribution < 1.29 is 14.3 Å². The largest absolute Gasteiger partial charge is 0.478 e. The second-order valence-corrected chi connectivity index (χ2v) is 2.76. The normalized spacial score (nSPS) is 10.1. The summed E-state index contributed by atoms with van der Waals surface area (Å²) in [6.07, 6.45) is 0. The second-order valence-electron chi connectivity index (χ2n) is 2.76. The molecular weight excluding hydrogens is 173 g/mol. The van der Waals surface area contributed by atoms with E-state index in [9.17, 15) is 9.18 Å². The van der Waals surface area contributed by atoms with E-state index >= 15 is 0 Å². The maximum absolute atomic E-state index is 13.1. The minimum atomic E-state index is -1.13. The Labute approximate surface area is 75.0 Å². The molecule has 0 amide bonds. The van der Waals surface area contributed by atoms with Crippen LogP contribution in [0.3, 0.4) is 0 Å². The molecule has 3 nitrogen and oxygen atoms in total. The average molecular weight is 183 g/mol. The maximum atomic E-state index is 13.1. The van der Waals surface area contributed by atoms with Crippen molar-refractivity contribution in [2.75, 3.05) is 0 Å². The Kier molecular flexibility index (Phi) is 2.63. The number of nitrogens with two attached hydrogens (primary N) is 1. The van der Waals surface area contributed by atoms with Gasteiger partial charge in [-0.2, -0.15) is 0 Å². The van der Waals surface area contributed by atoms with Gasteiger partial charge in [0.05, 0.1) is 5.56 Å². The lowest BCUT2D eigenvalue weighted by Crippen LogP contribution is -2.06. The van der Waals surface area contributed by atoms with Crippen LogP contribution in [0.1, 0.15) is 21.5 Å². The molecule has 0 spiro atoms. The summed E-state index contributed by atoms with van der Waals surface area (Å²) in [5.74, 6) is -1.66. The van der Waals surface area contributed by atoms with E-state index in [0.717, 1.165) is 0 Å². The molecule has 1 aromatic carbocycles. The molecule has 0 bridgehead atoms. The van der Waals surface area contributed by atoms with Crippen molar-refractivity contribution in [1.29, 1.82) is 0 Å². The van der Waals surface area contributed by atoms with Gasteiger partial charge >= 0.3 is 5.97 Å². The van der Waals surface area contributed by atoms with E-state index < -0.39 is 11.8 Å². The van der Waals surface area contributed by atoms with Crippen LogP contribution in [0.4, 0.5) is 4.39 Å². The molecule has 0 fully saturated rings. The predicted octanol–water partition coefficient (Wildman–Crippen LogP) is 1.29. The van der Waals surface area contributed by atoms with Crippen LogP contribution in [0, 0.1) is 12.7 Å². The molecule has 0 saturated carbocycles. The molecule has 0 unspecified atom stereocenters. The van der Waals surface area contributed by atoms with Crippen molar-refractivity contribution in [3.05, 3.63) is 34.6 Å². The van der Waals surface area contributed by atoms with Gasteiger partial charge < -0.3 is 10.8 Å². The molecule has 0 aliphatic heterocycles. The van der Waals surface area contributed by atoms with E-state index in [0.29, 0.717) is 5.56 Å². The summed E-state index contributed by atoms with van der Waals surface area (Å²) in [5, 5.41) is 8.70. The Morgan fingerprint density at radius 3 is 2.69 bits per heavy atom. The third-order valence-electron chi connectivity index (χ3n) is 1.87. The molecule has 0 saturated heterocycles. The van der Waals surface area contributed by atoms with Crippen molar-refractivity contribution in [1.82, 2.24) is 0 Å². The predicted molar refractivity (Wildman–Crippen MR) is 46.0 cm³/mol. The highest BCUT2D eigenvalue weighted by molar-refractivity contribution is 5.89.